The van der Waals surface area contributed by atoms with E-state index in [4.69, 9.17) is 23.2 Å². The van der Waals surface area contributed by atoms with Gasteiger partial charge in [0.2, 0.25) is 0 Å². The molecule has 0 aromatic heterocycles. The Kier molecular flexibility index (Phi) is 5.28. The smallest absolute Gasteiger partial charge is 0.129 e. The molecule has 1 aliphatic carbocycles. The molecule has 1 nitrogen and oxygen atoms in total. The molecule has 1 aliphatic rings. The van der Waals surface area contributed by atoms with Crippen LogP contribution in [0.15, 0.2) is 18.2 Å². The van der Waals surface area contributed by atoms with Gasteiger partial charge in [-0.15, -0.1) is 11.6 Å². The first kappa shape index (κ1) is 14.1. The first-order valence-corrected chi connectivity index (χ1v) is 7.30. The Bertz CT molecular complexity index is 377. The van der Waals surface area contributed by atoms with Gasteiger partial charge >= 0.3 is 0 Å². The van der Waals surface area contributed by atoms with Crippen LogP contribution >= 0.6 is 23.2 Å². The Balaban J connectivity index is 1.98. The summed E-state index contributed by atoms with van der Waals surface area (Å²) in [4.78, 5) is 0. The molecule has 0 spiro atoms. The van der Waals surface area contributed by atoms with Gasteiger partial charge in [0, 0.05) is 28.5 Å². The van der Waals surface area contributed by atoms with E-state index >= 15 is 0 Å². The molecule has 0 saturated heterocycles. The van der Waals surface area contributed by atoms with Crippen molar-refractivity contribution in [3.63, 3.8) is 0 Å². The molecule has 2 rings (SSSR count). The maximum Gasteiger partial charge on any atom is 0.129 e. The lowest BCUT2D eigenvalue weighted by Gasteiger charge is -2.21. The molecule has 1 N–H and O–H groups in total. The molecule has 1 aromatic carbocycles. The van der Waals surface area contributed by atoms with Gasteiger partial charge < -0.3 is 5.32 Å². The first-order valence-electron chi connectivity index (χ1n) is 6.49. The van der Waals surface area contributed by atoms with Crippen molar-refractivity contribution in [1.29, 1.82) is 0 Å². The summed E-state index contributed by atoms with van der Waals surface area (Å²) in [7, 11) is 0. The van der Waals surface area contributed by atoms with E-state index in [1.807, 2.05) is 0 Å². The summed E-state index contributed by atoms with van der Waals surface area (Å²) < 4.78 is 13.6. The highest BCUT2D eigenvalue weighted by Crippen LogP contribution is 2.24. The maximum absolute atomic E-state index is 13.6. The van der Waals surface area contributed by atoms with Crippen LogP contribution in [-0.4, -0.2) is 11.4 Å². The van der Waals surface area contributed by atoms with E-state index in [2.05, 4.69) is 5.32 Å². The summed E-state index contributed by atoms with van der Waals surface area (Å²) in [6, 6.07) is 5.03. The molecule has 0 aliphatic heterocycles. The molecule has 18 heavy (non-hydrogen) atoms. The number of benzene rings is 1. The van der Waals surface area contributed by atoms with Crippen molar-refractivity contribution in [2.24, 2.45) is 0 Å². The van der Waals surface area contributed by atoms with Gasteiger partial charge in [-0.05, 0) is 25.0 Å². The van der Waals surface area contributed by atoms with Crippen LogP contribution in [0.3, 0.4) is 0 Å². The van der Waals surface area contributed by atoms with Gasteiger partial charge in [0.05, 0.1) is 0 Å². The molecular formula is C14H18Cl2FN. The van der Waals surface area contributed by atoms with Crippen LogP contribution in [0.2, 0.25) is 5.02 Å². The predicted molar refractivity (Wildman–Crippen MR) is 74.8 cm³/mol. The third-order valence-corrected chi connectivity index (χ3v) is 4.41. The van der Waals surface area contributed by atoms with Crippen molar-refractivity contribution in [3.05, 3.63) is 34.6 Å². The Morgan fingerprint density at radius 3 is 2.78 bits per heavy atom. The molecule has 0 bridgehead atoms. The molecule has 2 atom stereocenters. The van der Waals surface area contributed by atoms with E-state index in [1.165, 1.54) is 25.3 Å². The number of rotatable bonds is 3. The number of hydrogen-bond acceptors (Lipinski definition) is 1. The van der Waals surface area contributed by atoms with Gasteiger partial charge in [0.1, 0.15) is 5.82 Å². The Hall–Kier alpha value is -0.310. The second kappa shape index (κ2) is 6.74. The summed E-state index contributed by atoms with van der Waals surface area (Å²) in [6.07, 6.45) is 5.70. The van der Waals surface area contributed by atoms with E-state index in [9.17, 15) is 4.39 Å². The fraction of sp³-hybridized carbons (Fsp3) is 0.571. The summed E-state index contributed by atoms with van der Waals surface area (Å²) in [5, 5.41) is 3.96. The zero-order chi connectivity index (χ0) is 13.0. The average Bonchev–Trinajstić information content (AvgIpc) is 2.54. The summed E-state index contributed by atoms with van der Waals surface area (Å²) >= 11 is 12.3. The molecule has 0 amide bonds. The zero-order valence-corrected chi connectivity index (χ0v) is 11.8. The zero-order valence-electron chi connectivity index (χ0n) is 10.3. The van der Waals surface area contributed by atoms with Crippen LogP contribution in [0.5, 0.6) is 0 Å². The lowest BCUT2D eigenvalue weighted by Crippen LogP contribution is -2.36. The largest absolute Gasteiger partial charge is 0.308 e. The number of nitrogens with one attached hydrogen (secondary N) is 1. The van der Waals surface area contributed by atoms with Gasteiger partial charge in [0.25, 0.3) is 0 Å². The Labute approximate surface area is 118 Å². The number of hydrogen-bond donors (Lipinski definition) is 1. The summed E-state index contributed by atoms with van der Waals surface area (Å²) in [5.74, 6) is -0.255. The van der Waals surface area contributed by atoms with Gasteiger partial charge in [-0.3, -0.25) is 0 Å². The van der Waals surface area contributed by atoms with E-state index < -0.39 is 0 Å². The van der Waals surface area contributed by atoms with E-state index in [0.29, 0.717) is 17.1 Å². The van der Waals surface area contributed by atoms with E-state index in [0.717, 1.165) is 12.8 Å². The van der Waals surface area contributed by atoms with Gasteiger partial charge in [-0.1, -0.05) is 36.9 Å². The van der Waals surface area contributed by atoms with Gasteiger partial charge in [0.15, 0.2) is 0 Å². The molecule has 1 aromatic rings. The molecule has 1 fully saturated rings. The monoisotopic (exact) mass is 289 g/mol. The van der Waals surface area contributed by atoms with Gasteiger partial charge in [-0.2, -0.15) is 0 Å². The van der Waals surface area contributed by atoms with Crippen LogP contribution in [0.4, 0.5) is 4.39 Å². The van der Waals surface area contributed by atoms with E-state index in [1.54, 1.807) is 12.1 Å². The minimum Gasteiger partial charge on any atom is -0.308 e. The van der Waals surface area contributed by atoms with Crippen LogP contribution < -0.4 is 5.32 Å². The first-order chi connectivity index (χ1) is 8.68. The van der Waals surface area contributed by atoms with Crippen molar-refractivity contribution < 1.29 is 4.39 Å². The summed E-state index contributed by atoms with van der Waals surface area (Å²) in [6.45, 7) is 0.444. The second-order valence-corrected chi connectivity index (χ2v) is 5.81. The lowest BCUT2D eigenvalue weighted by molar-refractivity contribution is 0.457. The van der Waals surface area contributed by atoms with Crippen molar-refractivity contribution in [2.45, 2.75) is 50.1 Å². The third kappa shape index (κ3) is 3.59. The lowest BCUT2D eigenvalue weighted by atomic mass is 10.1. The molecule has 0 radical (unpaired) electrons. The molecule has 0 heterocycles. The SMILES string of the molecule is Fc1cccc(Cl)c1CNC1CCCCCC1Cl. The third-order valence-electron chi connectivity index (χ3n) is 3.53. The predicted octanol–water partition coefficient (Wildman–Crippen LogP) is 4.51. The molecule has 2 unspecified atom stereocenters. The van der Waals surface area contributed by atoms with Crippen molar-refractivity contribution in [2.75, 3.05) is 0 Å². The van der Waals surface area contributed by atoms with Crippen LogP contribution in [-0.2, 0) is 6.54 Å². The highest BCUT2D eigenvalue weighted by atomic mass is 35.5. The number of halogens is 3. The minimum atomic E-state index is -0.255. The van der Waals surface area contributed by atoms with Crippen LogP contribution in [0, 0.1) is 5.82 Å². The Morgan fingerprint density at radius 2 is 2.00 bits per heavy atom. The van der Waals surface area contributed by atoms with Gasteiger partial charge in [-0.25, -0.2) is 4.39 Å². The average molecular weight is 290 g/mol. The normalized spacial score (nSPS) is 24.8. The van der Waals surface area contributed by atoms with Crippen molar-refractivity contribution in [1.82, 2.24) is 5.32 Å². The minimum absolute atomic E-state index is 0.137. The summed E-state index contributed by atoms with van der Waals surface area (Å²) in [5.41, 5.74) is 0.535. The highest BCUT2D eigenvalue weighted by Gasteiger charge is 2.21. The topological polar surface area (TPSA) is 12.0 Å². The quantitative estimate of drug-likeness (QED) is 0.638. The maximum atomic E-state index is 13.6. The van der Waals surface area contributed by atoms with E-state index in [-0.39, 0.29) is 17.2 Å². The van der Waals surface area contributed by atoms with Crippen LogP contribution in [0.25, 0.3) is 0 Å². The van der Waals surface area contributed by atoms with Crippen molar-refractivity contribution in [3.8, 4) is 0 Å². The second-order valence-electron chi connectivity index (χ2n) is 4.84. The standard InChI is InChI=1S/C14H18Cl2FN/c15-11-6-4-7-13(17)10(11)9-18-14-8-3-1-2-5-12(14)16/h4,6-7,12,14,18H,1-3,5,8-9H2. The van der Waals surface area contributed by atoms with Crippen molar-refractivity contribution >= 4 is 23.2 Å². The van der Waals surface area contributed by atoms with Crippen LogP contribution in [0.1, 0.15) is 37.7 Å². The molecule has 1 saturated carbocycles. The highest BCUT2D eigenvalue weighted by molar-refractivity contribution is 6.31. The molecular weight excluding hydrogens is 272 g/mol. The fourth-order valence-electron chi connectivity index (χ4n) is 2.43. The Morgan fingerprint density at radius 1 is 1.22 bits per heavy atom. The molecule has 4 heteroatoms. The molecule has 100 valence electrons. The number of alkyl halides is 1. The fourth-order valence-corrected chi connectivity index (χ4v) is 3.03.